The van der Waals surface area contributed by atoms with Crippen molar-refractivity contribution in [2.75, 3.05) is 20.1 Å². The standard InChI is InChI=1S/C18H21ClN4OS/c1-20-18(23-8-11-12(9-23)15-4-3-14(11)24-15)21-7-17-22-13-6-10(19)2-5-16(13)25-17/h2,5-6,11-12,14-15H,3-4,7-9H2,1H3,(H,20,21). The number of rotatable bonds is 2. The van der Waals surface area contributed by atoms with Gasteiger partial charge >= 0.3 is 0 Å². The highest BCUT2D eigenvalue weighted by Gasteiger charge is 2.53. The summed E-state index contributed by atoms with van der Waals surface area (Å²) in [6.07, 6.45) is 3.43. The molecule has 5 rings (SSSR count). The van der Waals surface area contributed by atoms with E-state index in [2.05, 4.69) is 20.2 Å². The van der Waals surface area contributed by atoms with E-state index in [0.29, 0.717) is 30.6 Å². The Hall–Kier alpha value is -1.37. The lowest BCUT2D eigenvalue weighted by molar-refractivity contribution is 0.0767. The molecule has 3 aliphatic heterocycles. The Kier molecular flexibility index (Phi) is 3.87. The van der Waals surface area contributed by atoms with Crippen molar-refractivity contribution in [2.24, 2.45) is 16.8 Å². The number of nitrogens with one attached hydrogen (secondary N) is 1. The molecule has 3 aliphatic rings. The number of ether oxygens (including phenoxy) is 1. The van der Waals surface area contributed by atoms with Crippen molar-refractivity contribution >= 4 is 39.1 Å². The van der Waals surface area contributed by atoms with Crippen molar-refractivity contribution in [3.63, 3.8) is 0 Å². The van der Waals surface area contributed by atoms with E-state index in [-0.39, 0.29) is 0 Å². The van der Waals surface area contributed by atoms with Crippen LogP contribution in [-0.4, -0.2) is 48.2 Å². The number of halogens is 1. The lowest BCUT2D eigenvalue weighted by Crippen LogP contribution is -2.40. The molecule has 4 unspecified atom stereocenters. The van der Waals surface area contributed by atoms with Gasteiger partial charge in [-0.25, -0.2) is 4.98 Å². The lowest BCUT2D eigenvalue weighted by Gasteiger charge is -2.23. The molecular formula is C18H21ClN4OS. The molecule has 0 radical (unpaired) electrons. The molecular weight excluding hydrogens is 356 g/mol. The van der Waals surface area contributed by atoms with Gasteiger partial charge in [-0.2, -0.15) is 0 Å². The number of nitrogens with zero attached hydrogens (tertiary/aromatic N) is 3. The summed E-state index contributed by atoms with van der Waals surface area (Å²) in [7, 11) is 1.86. The van der Waals surface area contributed by atoms with E-state index in [1.165, 1.54) is 17.5 Å². The van der Waals surface area contributed by atoms with Crippen LogP contribution in [0.1, 0.15) is 17.8 Å². The number of guanidine groups is 1. The second kappa shape index (κ2) is 6.11. The Balaban J connectivity index is 1.26. The van der Waals surface area contributed by atoms with Crippen LogP contribution in [-0.2, 0) is 11.3 Å². The number of hydrogen-bond donors (Lipinski definition) is 1. The molecule has 0 saturated carbocycles. The average Bonchev–Trinajstić information content (AvgIpc) is 3.35. The second-order valence-electron chi connectivity index (χ2n) is 7.14. The van der Waals surface area contributed by atoms with Gasteiger partial charge in [-0.05, 0) is 31.0 Å². The number of aliphatic imine (C=N–C) groups is 1. The van der Waals surface area contributed by atoms with E-state index in [0.717, 1.165) is 34.6 Å². The molecule has 2 bridgehead atoms. The van der Waals surface area contributed by atoms with E-state index < -0.39 is 0 Å². The Labute approximate surface area is 156 Å². The third-order valence-corrected chi connectivity index (χ3v) is 7.03. The highest BCUT2D eigenvalue weighted by Crippen LogP contribution is 2.47. The maximum absolute atomic E-state index is 6.07. The summed E-state index contributed by atoms with van der Waals surface area (Å²) < 4.78 is 7.23. The van der Waals surface area contributed by atoms with Gasteiger partial charge in [0.15, 0.2) is 5.96 Å². The van der Waals surface area contributed by atoms with Crippen LogP contribution in [0.4, 0.5) is 0 Å². The van der Waals surface area contributed by atoms with Gasteiger partial charge in [-0.3, -0.25) is 4.99 Å². The molecule has 1 aromatic carbocycles. The number of fused-ring (bicyclic) bond motifs is 6. The number of hydrogen-bond acceptors (Lipinski definition) is 4. The molecule has 1 aromatic heterocycles. The first-order chi connectivity index (χ1) is 12.2. The first-order valence-corrected chi connectivity index (χ1v) is 10.1. The van der Waals surface area contributed by atoms with Crippen molar-refractivity contribution in [3.05, 3.63) is 28.2 Å². The van der Waals surface area contributed by atoms with Crippen molar-refractivity contribution in [1.82, 2.24) is 15.2 Å². The van der Waals surface area contributed by atoms with Crippen LogP contribution in [0.3, 0.4) is 0 Å². The number of aromatic nitrogens is 1. The number of likely N-dealkylation sites (tertiary alicyclic amines) is 1. The SMILES string of the molecule is CN=C(NCc1nc2cc(Cl)ccc2s1)N1CC2C3CCC(O3)C2C1. The molecule has 0 amide bonds. The summed E-state index contributed by atoms with van der Waals surface area (Å²) in [5.74, 6) is 2.34. The highest BCUT2D eigenvalue weighted by atomic mass is 35.5. The van der Waals surface area contributed by atoms with E-state index in [9.17, 15) is 0 Å². The van der Waals surface area contributed by atoms with Gasteiger partial charge in [0.1, 0.15) is 5.01 Å². The highest BCUT2D eigenvalue weighted by molar-refractivity contribution is 7.18. The molecule has 0 aliphatic carbocycles. The monoisotopic (exact) mass is 376 g/mol. The van der Waals surface area contributed by atoms with Gasteiger partial charge in [-0.15, -0.1) is 11.3 Å². The summed E-state index contributed by atoms with van der Waals surface area (Å²) >= 11 is 7.75. The summed E-state index contributed by atoms with van der Waals surface area (Å²) in [5, 5.41) is 5.28. The summed E-state index contributed by atoms with van der Waals surface area (Å²) in [6, 6.07) is 5.87. The minimum absolute atomic E-state index is 0.479. The van der Waals surface area contributed by atoms with Crippen LogP contribution in [0, 0.1) is 11.8 Å². The zero-order valence-corrected chi connectivity index (χ0v) is 15.7. The van der Waals surface area contributed by atoms with E-state index in [4.69, 9.17) is 16.3 Å². The minimum Gasteiger partial charge on any atom is -0.374 e. The fourth-order valence-electron chi connectivity index (χ4n) is 4.64. The predicted octanol–water partition coefficient (Wildman–Crippen LogP) is 3.13. The van der Waals surface area contributed by atoms with Crippen molar-refractivity contribution in [2.45, 2.75) is 31.6 Å². The first kappa shape index (κ1) is 15.9. The van der Waals surface area contributed by atoms with E-state index in [1.807, 2.05) is 25.2 Å². The van der Waals surface area contributed by atoms with Crippen LogP contribution in [0.15, 0.2) is 23.2 Å². The Bertz CT molecular complexity index is 820. The maximum Gasteiger partial charge on any atom is 0.194 e. The Morgan fingerprint density at radius 2 is 2.12 bits per heavy atom. The normalized spacial score (nSPS) is 31.1. The van der Waals surface area contributed by atoms with Crippen molar-refractivity contribution in [1.29, 1.82) is 0 Å². The van der Waals surface area contributed by atoms with Gasteiger partial charge in [0.05, 0.1) is 29.0 Å². The number of thiazole rings is 1. The zero-order chi connectivity index (χ0) is 17.0. The molecule has 132 valence electrons. The molecule has 5 nitrogen and oxygen atoms in total. The largest absolute Gasteiger partial charge is 0.374 e. The Morgan fingerprint density at radius 3 is 2.84 bits per heavy atom. The molecule has 3 fully saturated rings. The zero-order valence-electron chi connectivity index (χ0n) is 14.1. The van der Waals surface area contributed by atoms with Crippen molar-refractivity contribution < 1.29 is 4.74 Å². The lowest BCUT2D eigenvalue weighted by atomic mass is 9.82. The van der Waals surface area contributed by atoms with Crippen molar-refractivity contribution in [3.8, 4) is 0 Å². The van der Waals surface area contributed by atoms with Crippen LogP contribution in [0.2, 0.25) is 5.02 Å². The van der Waals surface area contributed by atoms with Crippen LogP contribution >= 0.6 is 22.9 Å². The molecule has 7 heteroatoms. The Morgan fingerprint density at radius 1 is 1.36 bits per heavy atom. The van der Waals surface area contributed by atoms with E-state index >= 15 is 0 Å². The first-order valence-electron chi connectivity index (χ1n) is 8.87. The minimum atomic E-state index is 0.479. The molecule has 25 heavy (non-hydrogen) atoms. The van der Waals surface area contributed by atoms with Gasteiger partial charge < -0.3 is 15.0 Å². The predicted molar refractivity (Wildman–Crippen MR) is 101 cm³/mol. The fraction of sp³-hybridized carbons (Fsp3) is 0.556. The van der Waals surface area contributed by atoms with Gasteiger partial charge in [0, 0.05) is 37.0 Å². The summed E-state index contributed by atoms with van der Waals surface area (Å²) in [4.78, 5) is 11.6. The third kappa shape index (κ3) is 2.71. The average molecular weight is 377 g/mol. The molecule has 2 aromatic rings. The quantitative estimate of drug-likeness (QED) is 0.646. The van der Waals surface area contributed by atoms with Crippen LogP contribution < -0.4 is 5.32 Å². The number of benzene rings is 1. The topological polar surface area (TPSA) is 49.8 Å². The van der Waals surface area contributed by atoms with Gasteiger partial charge in [0.2, 0.25) is 0 Å². The van der Waals surface area contributed by atoms with Gasteiger partial charge in [0.25, 0.3) is 0 Å². The molecule has 1 N–H and O–H groups in total. The smallest absolute Gasteiger partial charge is 0.194 e. The summed E-state index contributed by atoms with van der Waals surface area (Å²) in [5.41, 5.74) is 0.966. The van der Waals surface area contributed by atoms with Gasteiger partial charge in [-0.1, -0.05) is 11.6 Å². The molecule has 4 heterocycles. The fourth-order valence-corrected chi connectivity index (χ4v) is 5.70. The van der Waals surface area contributed by atoms with Crippen LogP contribution in [0.5, 0.6) is 0 Å². The third-order valence-electron chi connectivity index (χ3n) is 5.76. The maximum atomic E-state index is 6.07. The second-order valence-corrected chi connectivity index (χ2v) is 8.70. The molecule has 0 spiro atoms. The molecule has 4 atom stereocenters. The summed E-state index contributed by atoms with van der Waals surface area (Å²) in [6.45, 7) is 2.81. The van der Waals surface area contributed by atoms with E-state index in [1.54, 1.807) is 11.3 Å². The van der Waals surface area contributed by atoms with Crippen LogP contribution in [0.25, 0.3) is 10.2 Å². The molecule has 3 saturated heterocycles.